The molecule has 0 bridgehead atoms. The molecule has 0 radical (unpaired) electrons. The molecule has 1 heterocycles. The molecule has 0 atom stereocenters. The summed E-state index contributed by atoms with van der Waals surface area (Å²) in [5.74, 6) is 1.15. The molecule has 2 rings (SSSR count). The van der Waals surface area contributed by atoms with Crippen LogP contribution in [-0.2, 0) is 0 Å². The molecular formula is C9H7ClN2O. The highest BCUT2D eigenvalue weighted by molar-refractivity contribution is 6.30. The fourth-order valence-corrected chi connectivity index (χ4v) is 1.14. The van der Waals surface area contributed by atoms with Gasteiger partial charge in [0.15, 0.2) is 0 Å². The first kappa shape index (κ1) is 8.26. The standard InChI is InChI=1S/C9H7ClN2O/c1-6-11-9(12-13-6)7-2-4-8(10)5-3-7/h2-5H,1H3. The molecule has 66 valence electrons. The van der Waals surface area contributed by atoms with E-state index in [0.717, 1.165) is 5.56 Å². The zero-order valence-corrected chi connectivity index (χ0v) is 7.75. The summed E-state index contributed by atoms with van der Waals surface area (Å²) in [5, 5.41) is 4.48. The van der Waals surface area contributed by atoms with Crippen molar-refractivity contribution in [2.45, 2.75) is 6.92 Å². The highest BCUT2D eigenvalue weighted by Crippen LogP contribution is 2.18. The summed E-state index contributed by atoms with van der Waals surface area (Å²) in [7, 11) is 0. The summed E-state index contributed by atoms with van der Waals surface area (Å²) in [6.45, 7) is 1.76. The van der Waals surface area contributed by atoms with Gasteiger partial charge in [-0.25, -0.2) is 0 Å². The third-order valence-electron chi connectivity index (χ3n) is 1.63. The number of hydrogen-bond donors (Lipinski definition) is 0. The fraction of sp³-hybridized carbons (Fsp3) is 0.111. The molecule has 0 fully saturated rings. The Labute approximate surface area is 80.3 Å². The van der Waals surface area contributed by atoms with Gasteiger partial charge >= 0.3 is 0 Å². The summed E-state index contributed by atoms with van der Waals surface area (Å²) in [5.41, 5.74) is 0.904. The molecular weight excluding hydrogens is 188 g/mol. The Morgan fingerprint density at radius 3 is 2.46 bits per heavy atom. The molecule has 0 unspecified atom stereocenters. The van der Waals surface area contributed by atoms with E-state index in [9.17, 15) is 0 Å². The van der Waals surface area contributed by atoms with Crippen LogP contribution < -0.4 is 0 Å². The molecule has 0 spiro atoms. The average Bonchev–Trinajstić information content (AvgIpc) is 2.53. The van der Waals surface area contributed by atoms with Crippen LogP contribution in [0.1, 0.15) is 5.89 Å². The van der Waals surface area contributed by atoms with Crippen LogP contribution >= 0.6 is 11.6 Å². The van der Waals surface area contributed by atoms with Gasteiger partial charge in [-0.1, -0.05) is 16.8 Å². The van der Waals surface area contributed by atoms with E-state index < -0.39 is 0 Å². The zero-order valence-electron chi connectivity index (χ0n) is 6.99. The van der Waals surface area contributed by atoms with Crippen LogP contribution in [-0.4, -0.2) is 10.1 Å². The Hall–Kier alpha value is -1.35. The molecule has 0 saturated carbocycles. The molecule has 2 aromatic rings. The van der Waals surface area contributed by atoms with Gasteiger partial charge in [0.1, 0.15) is 0 Å². The second-order valence-corrected chi connectivity index (χ2v) is 3.08. The summed E-state index contributed by atoms with van der Waals surface area (Å²) in [6, 6.07) is 7.30. The van der Waals surface area contributed by atoms with E-state index in [-0.39, 0.29) is 0 Å². The van der Waals surface area contributed by atoms with Crippen LogP contribution in [0.15, 0.2) is 28.8 Å². The quantitative estimate of drug-likeness (QED) is 0.701. The predicted molar refractivity (Wildman–Crippen MR) is 49.5 cm³/mol. The smallest absolute Gasteiger partial charge is 0.223 e. The van der Waals surface area contributed by atoms with Gasteiger partial charge in [-0.3, -0.25) is 0 Å². The van der Waals surface area contributed by atoms with Crippen molar-refractivity contribution >= 4 is 11.6 Å². The third-order valence-corrected chi connectivity index (χ3v) is 1.88. The largest absolute Gasteiger partial charge is 0.339 e. The molecule has 1 aromatic carbocycles. The Morgan fingerprint density at radius 2 is 1.92 bits per heavy atom. The summed E-state index contributed by atoms with van der Waals surface area (Å²) >= 11 is 5.74. The predicted octanol–water partition coefficient (Wildman–Crippen LogP) is 2.70. The molecule has 0 saturated heterocycles. The van der Waals surface area contributed by atoms with Crippen molar-refractivity contribution in [1.82, 2.24) is 10.1 Å². The molecule has 0 aliphatic carbocycles. The second kappa shape index (κ2) is 3.18. The zero-order chi connectivity index (χ0) is 9.26. The Kier molecular flexibility index (Phi) is 2.02. The monoisotopic (exact) mass is 194 g/mol. The van der Waals surface area contributed by atoms with Crippen LogP contribution in [0.4, 0.5) is 0 Å². The highest BCUT2D eigenvalue weighted by atomic mass is 35.5. The first-order chi connectivity index (χ1) is 6.25. The van der Waals surface area contributed by atoms with Crippen molar-refractivity contribution in [3.8, 4) is 11.4 Å². The van der Waals surface area contributed by atoms with Gasteiger partial charge in [0.05, 0.1) is 0 Å². The first-order valence-corrected chi connectivity index (χ1v) is 4.20. The van der Waals surface area contributed by atoms with Crippen molar-refractivity contribution in [3.05, 3.63) is 35.2 Å². The van der Waals surface area contributed by atoms with Gasteiger partial charge in [0.25, 0.3) is 0 Å². The van der Waals surface area contributed by atoms with E-state index in [1.54, 1.807) is 19.1 Å². The van der Waals surface area contributed by atoms with Gasteiger partial charge in [-0.2, -0.15) is 4.98 Å². The molecule has 0 amide bonds. The maximum absolute atomic E-state index is 5.74. The van der Waals surface area contributed by atoms with Crippen LogP contribution in [0.3, 0.4) is 0 Å². The van der Waals surface area contributed by atoms with Crippen molar-refractivity contribution < 1.29 is 4.52 Å². The molecule has 0 N–H and O–H groups in total. The normalized spacial score (nSPS) is 10.3. The van der Waals surface area contributed by atoms with Gasteiger partial charge in [-0.15, -0.1) is 0 Å². The Balaban J connectivity index is 2.41. The lowest BCUT2D eigenvalue weighted by Crippen LogP contribution is -1.79. The van der Waals surface area contributed by atoms with Crippen molar-refractivity contribution in [2.75, 3.05) is 0 Å². The minimum atomic E-state index is 0.560. The topological polar surface area (TPSA) is 38.9 Å². The SMILES string of the molecule is Cc1nc(-c2ccc(Cl)cc2)no1. The van der Waals surface area contributed by atoms with E-state index in [1.165, 1.54) is 0 Å². The second-order valence-electron chi connectivity index (χ2n) is 2.64. The third kappa shape index (κ3) is 1.70. The van der Waals surface area contributed by atoms with Gasteiger partial charge in [0.2, 0.25) is 11.7 Å². The van der Waals surface area contributed by atoms with Gasteiger partial charge < -0.3 is 4.52 Å². The lowest BCUT2D eigenvalue weighted by Gasteiger charge is -1.92. The fourth-order valence-electron chi connectivity index (χ4n) is 1.02. The molecule has 0 aliphatic heterocycles. The maximum Gasteiger partial charge on any atom is 0.223 e. The summed E-state index contributed by atoms with van der Waals surface area (Å²) < 4.78 is 4.86. The minimum Gasteiger partial charge on any atom is -0.339 e. The van der Waals surface area contributed by atoms with Crippen molar-refractivity contribution in [2.24, 2.45) is 0 Å². The first-order valence-electron chi connectivity index (χ1n) is 3.82. The van der Waals surface area contributed by atoms with E-state index in [0.29, 0.717) is 16.7 Å². The van der Waals surface area contributed by atoms with E-state index in [1.807, 2.05) is 12.1 Å². The van der Waals surface area contributed by atoms with Crippen LogP contribution in [0.25, 0.3) is 11.4 Å². The number of hydrogen-bond acceptors (Lipinski definition) is 3. The van der Waals surface area contributed by atoms with Crippen LogP contribution in [0, 0.1) is 6.92 Å². The lowest BCUT2D eigenvalue weighted by atomic mass is 10.2. The molecule has 1 aromatic heterocycles. The number of halogens is 1. The summed E-state index contributed by atoms with van der Waals surface area (Å²) in [4.78, 5) is 4.09. The number of benzene rings is 1. The van der Waals surface area contributed by atoms with Gasteiger partial charge in [0, 0.05) is 17.5 Å². The van der Waals surface area contributed by atoms with E-state index in [4.69, 9.17) is 16.1 Å². The number of nitrogens with zero attached hydrogens (tertiary/aromatic N) is 2. The number of rotatable bonds is 1. The van der Waals surface area contributed by atoms with E-state index >= 15 is 0 Å². The van der Waals surface area contributed by atoms with Crippen LogP contribution in [0.5, 0.6) is 0 Å². The lowest BCUT2D eigenvalue weighted by molar-refractivity contribution is 0.394. The van der Waals surface area contributed by atoms with E-state index in [2.05, 4.69) is 10.1 Å². The van der Waals surface area contributed by atoms with Crippen molar-refractivity contribution in [3.63, 3.8) is 0 Å². The molecule has 13 heavy (non-hydrogen) atoms. The number of aryl methyl sites for hydroxylation is 1. The molecule has 3 nitrogen and oxygen atoms in total. The molecule has 0 aliphatic rings. The van der Waals surface area contributed by atoms with Crippen LogP contribution in [0.2, 0.25) is 5.02 Å². The Morgan fingerprint density at radius 1 is 1.23 bits per heavy atom. The average molecular weight is 195 g/mol. The summed E-state index contributed by atoms with van der Waals surface area (Å²) in [6.07, 6.45) is 0. The van der Waals surface area contributed by atoms with Gasteiger partial charge in [-0.05, 0) is 24.3 Å². The van der Waals surface area contributed by atoms with Crippen molar-refractivity contribution in [1.29, 1.82) is 0 Å². The minimum absolute atomic E-state index is 0.560. The maximum atomic E-state index is 5.74. The molecule has 4 heteroatoms. The Bertz CT molecular complexity index is 408. The highest BCUT2D eigenvalue weighted by Gasteiger charge is 2.04. The number of aromatic nitrogens is 2.